The molecule has 122 valence electrons. The van der Waals surface area contributed by atoms with Crippen LogP contribution in [-0.4, -0.2) is 43.5 Å². The summed E-state index contributed by atoms with van der Waals surface area (Å²) in [5.74, 6) is 0. The van der Waals surface area contributed by atoms with E-state index >= 15 is 0 Å². The molecule has 22 heavy (non-hydrogen) atoms. The van der Waals surface area contributed by atoms with Crippen molar-refractivity contribution in [3.8, 4) is 0 Å². The number of hydrogen-bond acceptors (Lipinski definition) is 2. The van der Waals surface area contributed by atoms with E-state index in [0.29, 0.717) is 0 Å². The van der Waals surface area contributed by atoms with Gasteiger partial charge in [-0.15, -0.1) is 0 Å². The molecule has 0 spiro atoms. The second-order valence-corrected chi connectivity index (χ2v) is 6.80. The molecule has 1 aliphatic carbocycles. The van der Waals surface area contributed by atoms with E-state index in [0.717, 1.165) is 32.6 Å². The van der Waals surface area contributed by atoms with E-state index in [2.05, 4.69) is 61.2 Å². The molecule has 2 nitrogen and oxygen atoms in total. The molecule has 1 aromatic carbocycles. The second-order valence-electron chi connectivity index (χ2n) is 6.80. The minimum Gasteiger partial charge on any atom is -0.308 e. The molecule has 2 rings (SSSR count). The zero-order valence-electron chi connectivity index (χ0n) is 14.6. The fourth-order valence-corrected chi connectivity index (χ4v) is 3.10. The molecular weight excluding hydrogens is 268 g/mol. The third-order valence-corrected chi connectivity index (χ3v) is 4.48. The summed E-state index contributed by atoms with van der Waals surface area (Å²) in [7, 11) is 4.32. The summed E-state index contributed by atoms with van der Waals surface area (Å²) in [5.41, 5.74) is 4.55. The Labute approximate surface area is 136 Å². The molecule has 0 N–H and O–H groups in total. The van der Waals surface area contributed by atoms with Gasteiger partial charge in [0.1, 0.15) is 0 Å². The van der Waals surface area contributed by atoms with Gasteiger partial charge in [0.15, 0.2) is 0 Å². The SMILES string of the molecule is CCc1cccc(CN(CCN(C)C)CC2=CCCCC2)c1. The highest BCUT2D eigenvalue weighted by atomic mass is 15.2. The molecule has 0 aromatic heterocycles. The van der Waals surface area contributed by atoms with Gasteiger partial charge >= 0.3 is 0 Å². The molecule has 0 amide bonds. The first-order chi connectivity index (χ1) is 10.7. The average Bonchev–Trinajstić information content (AvgIpc) is 2.54. The summed E-state index contributed by atoms with van der Waals surface area (Å²) < 4.78 is 0. The van der Waals surface area contributed by atoms with Crippen LogP contribution in [0.3, 0.4) is 0 Å². The van der Waals surface area contributed by atoms with Gasteiger partial charge in [-0.2, -0.15) is 0 Å². The highest BCUT2D eigenvalue weighted by molar-refractivity contribution is 5.23. The van der Waals surface area contributed by atoms with Gasteiger partial charge < -0.3 is 4.90 Å². The highest BCUT2D eigenvalue weighted by Crippen LogP contribution is 2.19. The lowest BCUT2D eigenvalue weighted by molar-refractivity contribution is 0.247. The third kappa shape index (κ3) is 5.94. The van der Waals surface area contributed by atoms with Crippen LogP contribution in [0.2, 0.25) is 0 Å². The number of rotatable bonds is 8. The number of benzene rings is 1. The number of likely N-dealkylation sites (N-methyl/N-ethyl adjacent to an activating group) is 1. The minimum absolute atomic E-state index is 1.07. The maximum atomic E-state index is 2.62. The number of allylic oxidation sites excluding steroid dienone is 1. The van der Waals surface area contributed by atoms with Crippen LogP contribution < -0.4 is 0 Å². The topological polar surface area (TPSA) is 6.48 Å². The Bertz CT molecular complexity index is 476. The van der Waals surface area contributed by atoms with Gasteiger partial charge in [-0.25, -0.2) is 0 Å². The van der Waals surface area contributed by atoms with Gasteiger partial charge in [0.25, 0.3) is 0 Å². The van der Waals surface area contributed by atoms with Crippen LogP contribution >= 0.6 is 0 Å². The first-order valence-electron chi connectivity index (χ1n) is 8.80. The largest absolute Gasteiger partial charge is 0.308 e. The van der Waals surface area contributed by atoms with E-state index in [1.54, 1.807) is 5.57 Å². The summed E-state index contributed by atoms with van der Waals surface area (Å²) in [6, 6.07) is 9.09. The fourth-order valence-electron chi connectivity index (χ4n) is 3.10. The summed E-state index contributed by atoms with van der Waals surface area (Å²) in [6.07, 6.45) is 8.93. The smallest absolute Gasteiger partial charge is 0.0237 e. The number of hydrogen-bond donors (Lipinski definition) is 0. The van der Waals surface area contributed by atoms with Crippen LogP contribution in [0, 0.1) is 0 Å². The van der Waals surface area contributed by atoms with Gasteiger partial charge in [0.05, 0.1) is 0 Å². The molecule has 0 saturated heterocycles. The normalized spacial score (nSPS) is 15.4. The molecule has 0 fully saturated rings. The predicted molar refractivity (Wildman–Crippen MR) is 96.2 cm³/mol. The van der Waals surface area contributed by atoms with Crippen molar-refractivity contribution in [2.24, 2.45) is 0 Å². The van der Waals surface area contributed by atoms with E-state index in [-0.39, 0.29) is 0 Å². The van der Waals surface area contributed by atoms with Crippen molar-refractivity contribution in [1.82, 2.24) is 9.80 Å². The average molecular weight is 300 g/mol. The summed E-state index contributed by atoms with van der Waals surface area (Å²) >= 11 is 0. The molecule has 1 aliphatic rings. The highest BCUT2D eigenvalue weighted by Gasteiger charge is 2.11. The van der Waals surface area contributed by atoms with Gasteiger partial charge in [0.2, 0.25) is 0 Å². The standard InChI is InChI=1S/C20H32N2/c1-4-18-11-8-12-20(15-18)17-22(14-13-21(2)3)16-19-9-6-5-7-10-19/h8-9,11-12,15H,4-7,10,13-14,16-17H2,1-3H3. The molecule has 0 radical (unpaired) electrons. The Balaban J connectivity index is 2.00. The van der Waals surface area contributed by atoms with Crippen molar-refractivity contribution in [3.05, 3.63) is 47.0 Å². The number of nitrogens with zero attached hydrogens (tertiary/aromatic N) is 2. The van der Waals surface area contributed by atoms with Crippen LogP contribution in [0.1, 0.15) is 43.7 Å². The monoisotopic (exact) mass is 300 g/mol. The third-order valence-electron chi connectivity index (χ3n) is 4.48. The van der Waals surface area contributed by atoms with Crippen molar-refractivity contribution in [2.45, 2.75) is 45.6 Å². The van der Waals surface area contributed by atoms with Crippen molar-refractivity contribution >= 4 is 0 Å². The van der Waals surface area contributed by atoms with Gasteiger partial charge in [-0.05, 0) is 57.3 Å². The Morgan fingerprint density at radius 2 is 1.82 bits per heavy atom. The van der Waals surface area contributed by atoms with E-state index < -0.39 is 0 Å². The van der Waals surface area contributed by atoms with Crippen LogP contribution in [0.15, 0.2) is 35.9 Å². The molecule has 0 unspecified atom stereocenters. The van der Waals surface area contributed by atoms with Crippen molar-refractivity contribution in [1.29, 1.82) is 0 Å². The fraction of sp³-hybridized carbons (Fsp3) is 0.600. The lowest BCUT2D eigenvalue weighted by atomic mass is 9.99. The van der Waals surface area contributed by atoms with Crippen LogP contribution in [0.5, 0.6) is 0 Å². The van der Waals surface area contributed by atoms with Gasteiger partial charge in [-0.1, -0.05) is 42.8 Å². The molecule has 0 bridgehead atoms. The van der Waals surface area contributed by atoms with E-state index in [4.69, 9.17) is 0 Å². The van der Waals surface area contributed by atoms with Gasteiger partial charge in [-0.3, -0.25) is 4.90 Å². The summed E-state index contributed by atoms with van der Waals surface area (Å²) in [6.45, 7) is 6.71. The first kappa shape index (κ1) is 17.2. The van der Waals surface area contributed by atoms with Crippen molar-refractivity contribution < 1.29 is 0 Å². The van der Waals surface area contributed by atoms with Crippen molar-refractivity contribution in [2.75, 3.05) is 33.7 Å². The summed E-state index contributed by atoms with van der Waals surface area (Å²) in [5, 5.41) is 0. The number of aryl methyl sites for hydroxylation is 1. The quantitative estimate of drug-likeness (QED) is 0.667. The zero-order valence-corrected chi connectivity index (χ0v) is 14.6. The Hall–Kier alpha value is -1.12. The minimum atomic E-state index is 1.07. The van der Waals surface area contributed by atoms with Crippen LogP contribution in [-0.2, 0) is 13.0 Å². The maximum Gasteiger partial charge on any atom is 0.0237 e. The van der Waals surface area contributed by atoms with E-state index in [9.17, 15) is 0 Å². The molecule has 0 saturated carbocycles. The Morgan fingerprint density at radius 1 is 1.00 bits per heavy atom. The Kier molecular flexibility index (Phi) is 7.14. The first-order valence-corrected chi connectivity index (χ1v) is 8.80. The predicted octanol–water partition coefficient (Wildman–Crippen LogP) is 4.11. The van der Waals surface area contributed by atoms with E-state index in [1.165, 1.54) is 36.8 Å². The molecule has 2 heteroatoms. The van der Waals surface area contributed by atoms with Crippen LogP contribution in [0.25, 0.3) is 0 Å². The maximum absolute atomic E-state index is 2.62. The Morgan fingerprint density at radius 3 is 2.50 bits per heavy atom. The summed E-state index contributed by atoms with van der Waals surface area (Å²) in [4.78, 5) is 4.90. The molecule has 1 aromatic rings. The zero-order chi connectivity index (χ0) is 15.8. The molecule has 0 atom stereocenters. The molecular formula is C20H32N2. The lowest BCUT2D eigenvalue weighted by Gasteiger charge is -2.27. The van der Waals surface area contributed by atoms with Crippen LogP contribution in [0.4, 0.5) is 0 Å². The second kappa shape index (κ2) is 9.12. The molecule has 0 heterocycles. The lowest BCUT2D eigenvalue weighted by Crippen LogP contribution is -2.33. The molecule has 0 aliphatic heterocycles. The van der Waals surface area contributed by atoms with Crippen molar-refractivity contribution in [3.63, 3.8) is 0 Å². The van der Waals surface area contributed by atoms with Gasteiger partial charge in [0, 0.05) is 26.2 Å². The van der Waals surface area contributed by atoms with E-state index in [1.807, 2.05) is 0 Å².